The largest absolute Gasteiger partial charge is 0.328 e. The number of anilines is 3. The predicted octanol–water partition coefficient (Wildman–Crippen LogP) is 4.77. The molecule has 1 aromatic heterocycles. The van der Waals surface area contributed by atoms with Crippen molar-refractivity contribution in [2.75, 3.05) is 16.4 Å². The third kappa shape index (κ3) is 4.80. The van der Waals surface area contributed by atoms with Gasteiger partial charge >= 0.3 is 0 Å². The lowest BCUT2D eigenvalue weighted by Gasteiger charge is -2.06. The molecular weight excluding hydrogens is 371 g/mol. The number of nitrogens with zero attached hydrogens (tertiary/aromatic N) is 2. The number of amides is 1. The second-order valence-electron chi connectivity index (χ2n) is 5.61. The van der Waals surface area contributed by atoms with Crippen molar-refractivity contribution in [3.8, 4) is 0 Å². The molecule has 0 aliphatic rings. The number of hydrogen-bond donors (Lipinski definition) is 2. The van der Waals surface area contributed by atoms with E-state index in [1.807, 2.05) is 32.0 Å². The minimum absolute atomic E-state index is 0.114. The van der Waals surface area contributed by atoms with Crippen LogP contribution < -0.4 is 10.6 Å². The van der Waals surface area contributed by atoms with Crippen molar-refractivity contribution < 1.29 is 9.18 Å². The van der Waals surface area contributed by atoms with Crippen LogP contribution in [0.5, 0.6) is 0 Å². The van der Waals surface area contributed by atoms with Crippen LogP contribution in [0.3, 0.4) is 0 Å². The van der Waals surface area contributed by atoms with Crippen molar-refractivity contribution in [2.45, 2.75) is 18.2 Å². The summed E-state index contributed by atoms with van der Waals surface area (Å²) in [5.41, 5.74) is 3.43. The van der Waals surface area contributed by atoms with Crippen LogP contribution in [0.15, 0.2) is 46.8 Å². The van der Waals surface area contributed by atoms with Crippen LogP contribution in [0.1, 0.15) is 11.1 Å². The summed E-state index contributed by atoms with van der Waals surface area (Å²) in [6.45, 7) is 4.03. The van der Waals surface area contributed by atoms with E-state index in [0.717, 1.165) is 11.3 Å². The lowest BCUT2D eigenvalue weighted by molar-refractivity contribution is -0.113. The first-order chi connectivity index (χ1) is 12.5. The smallest absolute Gasteiger partial charge is 0.234 e. The fourth-order valence-corrected chi connectivity index (χ4v) is 3.70. The molecule has 0 aliphatic carbocycles. The van der Waals surface area contributed by atoms with Crippen molar-refractivity contribution >= 4 is 45.5 Å². The normalized spacial score (nSPS) is 10.6. The predicted molar refractivity (Wildman–Crippen MR) is 105 cm³/mol. The summed E-state index contributed by atoms with van der Waals surface area (Å²) in [4.78, 5) is 12.1. The van der Waals surface area contributed by atoms with Crippen LogP contribution >= 0.6 is 23.1 Å². The molecule has 0 radical (unpaired) electrons. The summed E-state index contributed by atoms with van der Waals surface area (Å²) in [5, 5.41) is 14.2. The molecule has 3 rings (SSSR count). The van der Waals surface area contributed by atoms with Gasteiger partial charge in [-0.2, -0.15) is 0 Å². The third-order valence-electron chi connectivity index (χ3n) is 3.64. The molecule has 5 nitrogen and oxygen atoms in total. The quantitative estimate of drug-likeness (QED) is 0.596. The zero-order chi connectivity index (χ0) is 18.5. The van der Waals surface area contributed by atoms with E-state index < -0.39 is 0 Å². The van der Waals surface area contributed by atoms with Crippen molar-refractivity contribution in [2.24, 2.45) is 0 Å². The van der Waals surface area contributed by atoms with Gasteiger partial charge in [0, 0.05) is 5.69 Å². The fourth-order valence-electron chi connectivity index (χ4n) is 2.14. The van der Waals surface area contributed by atoms with Crippen molar-refractivity contribution in [1.29, 1.82) is 0 Å². The third-order valence-corrected chi connectivity index (χ3v) is 5.61. The average Bonchev–Trinajstić information content (AvgIpc) is 3.06. The highest BCUT2D eigenvalue weighted by molar-refractivity contribution is 8.01. The van der Waals surface area contributed by atoms with Gasteiger partial charge in [-0.15, -0.1) is 10.2 Å². The summed E-state index contributed by atoms with van der Waals surface area (Å²) < 4.78 is 14.3. The van der Waals surface area contributed by atoms with E-state index in [4.69, 9.17) is 0 Å². The van der Waals surface area contributed by atoms with E-state index in [1.54, 1.807) is 18.2 Å². The van der Waals surface area contributed by atoms with E-state index in [9.17, 15) is 9.18 Å². The number of aromatic nitrogens is 2. The molecule has 0 bridgehead atoms. The molecule has 26 heavy (non-hydrogen) atoms. The molecule has 134 valence electrons. The first kappa shape index (κ1) is 18.3. The summed E-state index contributed by atoms with van der Waals surface area (Å²) in [7, 11) is 0. The van der Waals surface area contributed by atoms with Crippen molar-refractivity contribution in [1.82, 2.24) is 10.2 Å². The number of nitrogens with one attached hydrogen (secondary N) is 2. The Morgan fingerprint density at radius 3 is 2.73 bits per heavy atom. The van der Waals surface area contributed by atoms with Crippen molar-refractivity contribution in [3.05, 3.63) is 59.4 Å². The number of carbonyl (C=O) groups is 1. The molecule has 3 aromatic rings. The summed E-state index contributed by atoms with van der Waals surface area (Å²) in [6.07, 6.45) is 0. The van der Waals surface area contributed by atoms with Gasteiger partial charge in [0.15, 0.2) is 4.34 Å². The number of aryl methyl sites for hydroxylation is 2. The van der Waals surface area contributed by atoms with Crippen LogP contribution in [-0.2, 0) is 4.79 Å². The standard InChI is InChI=1S/C18H17FN4OS2/c1-11-7-8-13(9-12(11)2)20-16(24)10-25-18-23-22-17(26-18)21-15-6-4-3-5-14(15)19/h3-9H,10H2,1-2H3,(H,20,24)(H,21,22). The minimum atomic E-state index is -0.357. The number of thioether (sulfide) groups is 1. The Morgan fingerprint density at radius 1 is 1.15 bits per heavy atom. The molecule has 2 N–H and O–H groups in total. The Labute approximate surface area is 159 Å². The van der Waals surface area contributed by atoms with Crippen LogP contribution in [-0.4, -0.2) is 21.9 Å². The second-order valence-corrected chi connectivity index (χ2v) is 7.81. The molecule has 0 fully saturated rings. The van der Waals surface area contributed by atoms with E-state index >= 15 is 0 Å². The van der Waals surface area contributed by atoms with Gasteiger partial charge in [0.2, 0.25) is 11.0 Å². The molecule has 0 unspecified atom stereocenters. The van der Waals surface area contributed by atoms with Gasteiger partial charge in [0.1, 0.15) is 5.82 Å². The van der Waals surface area contributed by atoms with E-state index in [0.29, 0.717) is 15.2 Å². The number of hydrogen-bond acceptors (Lipinski definition) is 6. The van der Waals surface area contributed by atoms with Crippen LogP contribution in [0, 0.1) is 19.7 Å². The molecule has 2 aromatic carbocycles. The minimum Gasteiger partial charge on any atom is -0.328 e. The molecule has 1 amide bonds. The zero-order valence-corrected chi connectivity index (χ0v) is 15.9. The van der Waals surface area contributed by atoms with E-state index in [-0.39, 0.29) is 17.5 Å². The van der Waals surface area contributed by atoms with Gasteiger partial charge in [-0.25, -0.2) is 4.39 Å². The SMILES string of the molecule is Cc1ccc(NC(=O)CSc2nnc(Nc3ccccc3F)s2)cc1C. The fraction of sp³-hybridized carbons (Fsp3) is 0.167. The second kappa shape index (κ2) is 8.29. The number of para-hydroxylation sites is 1. The first-order valence-electron chi connectivity index (χ1n) is 7.86. The van der Waals surface area contributed by atoms with Crippen LogP contribution in [0.25, 0.3) is 0 Å². The number of benzene rings is 2. The maximum absolute atomic E-state index is 13.6. The molecule has 0 atom stereocenters. The summed E-state index contributed by atoms with van der Waals surface area (Å²) in [6, 6.07) is 12.2. The number of rotatable bonds is 6. The Hall–Kier alpha value is -2.45. The molecule has 8 heteroatoms. The molecule has 0 spiro atoms. The topological polar surface area (TPSA) is 66.9 Å². The van der Waals surface area contributed by atoms with E-state index in [1.165, 1.54) is 34.7 Å². The summed E-state index contributed by atoms with van der Waals surface area (Å²) in [5.74, 6) is -0.247. The highest BCUT2D eigenvalue weighted by Gasteiger charge is 2.10. The summed E-state index contributed by atoms with van der Waals surface area (Å²) >= 11 is 2.56. The lowest BCUT2D eigenvalue weighted by Crippen LogP contribution is -2.14. The van der Waals surface area contributed by atoms with E-state index in [2.05, 4.69) is 20.8 Å². The van der Waals surface area contributed by atoms with Gasteiger partial charge in [-0.05, 0) is 49.2 Å². The Morgan fingerprint density at radius 2 is 1.96 bits per heavy atom. The Kier molecular flexibility index (Phi) is 5.85. The van der Waals surface area contributed by atoms with Gasteiger partial charge in [0.25, 0.3) is 0 Å². The average molecular weight is 388 g/mol. The molecule has 1 heterocycles. The lowest BCUT2D eigenvalue weighted by atomic mass is 10.1. The Bertz CT molecular complexity index is 929. The van der Waals surface area contributed by atoms with Gasteiger partial charge in [0.05, 0.1) is 11.4 Å². The monoisotopic (exact) mass is 388 g/mol. The number of halogens is 1. The van der Waals surface area contributed by atoms with Crippen LogP contribution in [0.2, 0.25) is 0 Å². The molecule has 0 aliphatic heterocycles. The molecular formula is C18H17FN4OS2. The molecule has 0 saturated carbocycles. The number of carbonyl (C=O) groups excluding carboxylic acids is 1. The Balaban J connectivity index is 1.53. The van der Waals surface area contributed by atoms with Gasteiger partial charge in [-0.3, -0.25) is 4.79 Å². The highest BCUT2D eigenvalue weighted by atomic mass is 32.2. The van der Waals surface area contributed by atoms with Crippen molar-refractivity contribution in [3.63, 3.8) is 0 Å². The maximum atomic E-state index is 13.6. The first-order valence-corrected chi connectivity index (χ1v) is 9.66. The van der Waals surface area contributed by atoms with Crippen LogP contribution in [0.4, 0.5) is 20.9 Å². The molecule has 0 saturated heterocycles. The van der Waals surface area contributed by atoms with Gasteiger partial charge in [-0.1, -0.05) is 41.3 Å². The zero-order valence-electron chi connectivity index (χ0n) is 14.2. The maximum Gasteiger partial charge on any atom is 0.234 e. The van der Waals surface area contributed by atoms with Gasteiger partial charge < -0.3 is 10.6 Å². The highest BCUT2D eigenvalue weighted by Crippen LogP contribution is 2.28.